The molecule has 0 saturated heterocycles. The van der Waals surface area contributed by atoms with Gasteiger partial charge in [-0.2, -0.15) is 5.26 Å². The van der Waals surface area contributed by atoms with Crippen LogP contribution in [0.15, 0.2) is 36.4 Å². The van der Waals surface area contributed by atoms with Crippen molar-refractivity contribution in [1.82, 2.24) is 0 Å². The van der Waals surface area contributed by atoms with Crippen molar-refractivity contribution in [2.24, 2.45) is 0 Å². The largest absolute Gasteiger partial charge is 0.455 e. The van der Waals surface area contributed by atoms with Crippen molar-refractivity contribution in [3.05, 3.63) is 58.4 Å². The summed E-state index contributed by atoms with van der Waals surface area (Å²) in [6, 6.07) is 11.8. The molecule has 2 rings (SSSR count). The third kappa shape index (κ3) is 2.86. The summed E-state index contributed by atoms with van der Waals surface area (Å²) < 4.78 is 19.2. The highest BCUT2D eigenvalue weighted by Gasteiger charge is 2.12. The monoisotopic (exact) mass is 275 g/mol. The molecule has 0 fully saturated rings. The van der Waals surface area contributed by atoms with E-state index in [0.29, 0.717) is 5.75 Å². The van der Waals surface area contributed by atoms with Crippen LogP contribution in [0.4, 0.5) is 4.39 Å². The maximum atomic E-state index is 13.5. The summed E-state index contributed by atoms with van der Waals surface area (Å²) in [6.07, 6.45) is 0.786. The first-order chi connectivity index (χ1) is 9.15. The topological polar surface area (TPSA) is 33.0 Å². The summed E-state index contributed by atoms with van der Waals surface area (Å²) in [5, 5.41) is 8.71. The Balaban J connectivity index is 2.44. The van der Waals surface area contributed by atoms with Crippen molar-refractivity contribution in [3.63, 3.8) is 0 Å². The highest BCUT2D eigenvalue weighted by Crippen LogP contribution is 2.34. The van der Waals surface area contributed by atoms with Crippen LogP contribution in [0.5, 0.6) is 11.5 Å². The Labute approximate surface area is 116 Å². The Hall–Kier alpha value is -2.05. The molecule has 0 atom stereocenters. The van der Waals surface area contributed by atoms with Crippen LogP contribution < -0.4 is 4.74 Å². The van der Waals surface area contributed by atoms with Gasteiger partial charge in [0.05, 0.1) is 11.6 Å². The standard InChI is InChI=1S/C15H11ClFNO/c1-2-11-5-3-4-6-13(11)19-14-8-10(9-18)7-12(17)15(14)16/h3-8H,2H2,1H3. The number of aryl methyl sites for hydroxylation is 1. The number of nitrogens with zero attached hydrogens (tertiary/aromatic N) is 1. The number of hydrogen-bond acceptors (Lipinski definition) is 2. The van der Waals surface area contributed by atoms with Crippen LogP contribution >= 0.6 is 11.6 Å². The van der Waals surface area contributed by atoms with Crippen LogP contribution in [0.1, 0.15) is 18.1 Å². The molecule has 0 aliphatic heterocycles. The number of nitriles is 1. The van der Waals surface area contributed by atoms with Crippen molar-refractivity contribution in [3.8, 4) is 17.6 Å². The van der Waals surface area contributed by atoms with Crippen molar-refractivity contribution >= 4 is 11.6 Å². The Morgan fingerprint density at radius 1 is 1.26 bits per heavy atom. The number of ether oxygens (including phenoxy) is 1. The Kier molecular flexibility index (Phi) is 4.03. The van der Waals surface area contributed by atoms with Gasteiger partial charge in [0.2, 0.25) is 0 Å². The molecule has 0 spiro atoms. The molecule has 0 N–H and O–H groups in total. The highest BCUT2D eigenvalue weighted by molar-refractivity contribution is 6.32. The maximum Gasteiger partial charge on any atom is 0.150 e. The van der Waals surface area contributed by atoms with E-state index in [0.717, 1.165) is 18.1 Å². The minimum absolute atomic E-state index is 0.120. The van der Waals surface area contributed by atoms with E-state index in [1.165, 1.54) is 6.07 Å². The molecule has 0 unspecified atom stereocenters. The minimum Gasteiger partial charge on any atom is -0.455 e. The molecule has 4 heteroatoms. The molecule has 2 aromatic carbocycles. The summed E-state index contributed by atoms with van der Waals surface area (Å²) in [5.74, 6) is 0.102. The van der Waals surface area contributed by atoms with Crippen molar-refractivity contribution in [2.75, 3.05) is 0 Å². The fourth-order valence-corrected chi connectivity index (χ4v) is 1.86. The molecule has 19 heavy (non-hydrogen) atoms. The van der Waals surface area contributed by atoms with Crippen molar-refractivity contribution in [2.45, 2.75) is 13.3 Å². The Morgan fingerprint density at radius 2 is 2.00 bits per heavy atom. The van der Waals surface area contributed by atoms with E-state index in [1.807, 2.05) is 31.2 Å². The van der Waals surface area contributed by atoms with E-state index in [4.69, 9.17) is 21.6 Å². The molecule has 0 bridgehead atoms. The van der Waals surface area contributed by atoms with E-state index in [-0.39, 0.29) is 16.3 Å². The van der Waals surface area contributed by atoms with Gasteiger partial charge in [-0.1, -0.05) is 36.7 Å². The van der Waals surface area contributed by atoms with E-state index in [9.17, 15) is 4.39 Å². The predicted octanol–water partition coefficient (Wildman–Crippen LogP) is 4.71. The minimum atomic E-state index is -0.662. The second-order valence-corrected chi connectivity index (χ2v) is 4.32. The number of benzene rings is 2. The van der Waals surface area contributed by atoms with Gasteiger partial charge in [-0.05, 0) is 24.1 Å². The van der Waals surface area contributed by atoms with Crippen LogP contribution in [0, 0.1) is 17.1 Å². The number of hydrogen-bond donors (Lipinski definition) is 0. The molecule has 0 aromatic heterocycles. The van der Waals surface area contributed by atoms with Gasteiger partial charge in [0, 0.05) is 6.07 Å². The first-order valence-electron chi connectivity index (χ1n) is 5.80. The molecule has 0 radical (unpaired) electrons. The van der Waals surface area contributed by atoms with Crippen molar-refractivity contribution < 1.29 is 9.13 Å². The Bertz CT molecular complexity index is 649. The molecule has 0 amide bonds. The maximum absolute atomic E-state index is 13.5. The van der Waals surface area contributed by atoms with Crippen LogP contribution in [-0.2, 0) is 6.42 Å². The van der Waals surface area contributed by atoms with Crippen LogP contribution in [0.3, 0.4) is 0 Å². The van der Waals surface area contributed by atoms with Crippen LogP contribution in [-0.4, -0.2) is 0 Å². The molecule has 0 aliphatic rings. The zero-order chi connectivity index (χ0) is 13.8. The van der Waals surface area contributed by atoms with Gasteiger partial charge in [0.25, 0.3) is 0 Å². The van der Waals surface area contributed by atoms with Gasteiger partial charge >= 0.3 is 0 Å². The highest BCUT2D eigenvalue weighted by atomic mass is 35.5. The Morgan fingerprint density at radius 3 is 2.68 bits per heavy atom. The lowest BCUT2D eigenvalue weighted by atomic mass is 10.1. The number of rotatable bonds is 3. The van der Waals surface area contributed by atoms with Crippen LogP contribution in [0.2, 0.25) is 5.02 Å². The first kappa shape index (κ1) is 13.4. The second-order valence-electron chi connectivity index (χ2n) is 3.95. The molecule has 2 aromatic rings. The SMILES string of the molecule is CCc1ccccc1Oc1cc(C#N)cc(F)c1Cl. The van der Waals surface area contributed by atoms with Gasteiger partial charge in [0.1, 0.15) is 22.3 Å². The average molecular weight is 276 g/mol. The van der Waals surface area contributed by atoms with Gasteiger partial charge in [-0.15, -0.1) is 0 Å². The summed E-state index contributed by atoms with van der Waals surface area (Å²) in [7, 11) is 0. The lowest BCUT2D eigenvalue weighted by Gasteiger charge is -2.11. The fraction of sp³-hybridized carbons (Fsp3) is 0.133. The third-order valence-corrected chi connectivity index (χ3v) is 3.06. The van der Waals surface area contributed by atoms with E-state index >= 15 is 0 Å². The predicted molar refractivity (Wildman–Crippen MR) is 72.0 cm³/mol. The summed E-state index contributed by atoms with van der Waals surface area (Å²) in [6.45, 7) is 2.00. The van der Waals surface area contributed by atoms with E-state index in [2.05, 4.69) is 0 Å². The zero-order valence-corrected chi connectivity index (χ0v) is 11.0. The third-order valence-electron chi connectivity index (χ3n) is 2.70. The normalized spacial score (nSPS) is 10.0. The molecule has 0 saturated carbocycles. The van der Waals surface area contributed by atoms with Gasteiger partial charge in [-0.3, -0.25) is 0 Å². The molecular weight excluding hydrogens is 265 g/mol. The van der Waals surface area contributed by atoms with E-state index < -0.39 is 5.82 Å². The second kappa shape index (κ2) is 5.73. The lowest BCUT2D eigenvalue weighted by Crippen LogP contribution is -1.93. The summed E-state index contributed by atoms with van der Waals surface area (Å²) in [4.78, 5) is 0. The molecular formula is C15H11ClFNO. The molecule has 96 valence electrons. The van der Waals surface area contributed by atoms with Gasteiger partial charge < -0.3 is 4.74 Å². The number of para-hydroxylation sites is 1. The molecule has 2 nitrogen and oxygen atoms in total. The fourth-order valence-electron chi connectivity index (χ4n) is 1.72. The quantitative estimate of drug-likeness (QED) is 0.813. The van der Waals surface area contributed by atoms with Crippen LogP contribution in [0.25, 0.3) is 0 Å². The zero-order valence-electron chi connectivity index (χ0n) is 10.3. The summed E-state index contributed by atoms with van der Waals surface area (Å²) >= 11 is 5.86. The average Bonchev–Trinajstić information content (AvgIpc) is 2.44. The smallest absolute Gasteiger partial charge is 0.150 e. The lowest BCUT2D eigenvalue weighted by molar-refractivity contribution is 0.471. The first-order valence-corrected chi connectivity index (χ1v) is 6.18. The molecule has 0 aliphatic carbocycles. The summed E-state index contributed by atoms with van der Waals surface area (Å²) in [5.41, 5.74) is 1.16. The number of halogens is 2. The van der Waals surface area contributed by atoms with Gasteiger partial charge in [0.15, 0.2) is 0 Å². The van der Waals surface area contributed by atoms with E-state index in [1.54, 1.807) is 6.07 Å². The molecule has 0 heterocycles. The van der Waals surface area contributed by atoms with Gasteiger partial charge in [-0.25, -0.2) is 4.39 Å². The van der Waals surface area contributed by atoms with Crippen molar-refractivity contribution in [1.29, 1.82) is 5.26 Å².